The van der Waals surface area contributed by atoms with Crippen molar-refractivity contribution in [2.75, 3.05) is 42.3 Å². The number of hydrogen-bond acceptors (Lipinski definition) is 7. The van der Waals surface area contributed by atoms with Crippen LogP contribution in [0.25, 0.3) is 11.0 Å². The van der Waals surface area contributed by atoms with Crippen molar-refractivity contribution in [1.82, 2.24) is 29.2 Å². The summed E-state index contributed by atoms with van der Waals surface area (Å²) in [7, 11) is 9.53. The number of rotatable bonds is 5. The van der Waals surface area contributed by atoms with Crippen LogP contribution in [0.2, 0.25) is 0 Å². The molecule has 0 saturated heterocycles. The van der Waals surface area contributed by atoms with Crippen molar-refractivity contribution in [2.45, 2.75) is 0 Å². The van der Waals surface area contributed by atoms with Crippen molar-refractivity contribution in [1.29, 1.82) is 0 Å². The molecule has 21 heavy (non-hydrogen) atoms. The van der Waals surface area contributed by atoms with E-state index in [1.807, 2.05) is 62.4 Å². The zero-order chi connectivity index (χ0) is 15.8. The third-order valence-electron chi connectivity index (χ3n) is 3.18. The summed E-state index contributed by atoms with van der Waals surface area (Å²) in [6.07, 6.45) is 0. The number of hydrogen-bond donors (Lipinski definition) is 1. The summed E-state index contributed by atoms with van der Waals surface area (Å²) >= 11 is 0. The molecule has 8 nitrogen and oxygen atoms in total. The first-order valence-corrected chi connectivity index (χ1v) is 8.03. The van der Waals surface area contributed by atoms with Gasteiger partial charge in [0.25, 0.3) is 0 Å². The standard InChI is InChI=1S/C12H21N6O2P/c1-15(2)21(16(3)4,17(5)6)20-18-10-8-7-9-11(19)12(10)13-14-18/h7-9H,1-6H3/p+1. The van der Waals surface area contributed by atoms with Gasteiger partial charge in [0.1, 0.15) is 11.3 Å². The van der Waals surface area contributed by atoms with Crippen molar-refractivity contribution in [3.63, 3.8) is 0 Å². The molecule has 9 heteroatoms. The highest BCUT2D eigenvalue weighted by atomic mass is 31.2. The maximum atomic E-state index is 9.82. The molecule has 0 aliphatic heterocycles. The maximum Gasteiger partial charge on any atom is 0.449 e. The van der Waals surface area contributed by atoms with Gasteiger partial charge >= 0.3 is 7.94 Å². The van der Waals surface area contributed by atoms with E-state index in [0.717, 1.165) is 0 Å². The largest absolute Gasteiger partial charge is 0.506 e. The molecule has 0 fully saturated rings. The van der Waals surface area contributed by atoms with Crippen LogP contribution < -0.4 is 4.62 Å². The summed E-state index contributed by atoms with van der Waals surface area (Å²) in [5.41, 5.74) is 1.05. The predicted molar refractivity (Wildman–Crippen MR) is 83.8 cm³/mol. The Morgan fingerprint density at radius 1 is 1.05 bits per heavy atom. The Morgan fingerprint density at radius 2 is 1.62 bits per heavy atom. The molecule has 0 spiro atoms. The summed E-state index contributed by atoms with van der Waals surface area (Å²) < 4.78 is 12.3. The zero-order valence-electron chi connectivity index (χ0n) is 13.2. The first-order valence-electron chi connectivity index (χ1n) is 6.46. The van der Waals surface area contributed by atoms with E-state index in [4.69, 9.17) is 4.62 Å². The van der Waals surface area contributed by atoms with Crippen molar-refractivity contribution < 1.29 is 9.73 Å². The molecule has 2 aromatic rings. The lowest BCUT2D eigenvalue weighted by atomic mass is 10.3. The van der Waals surface area contributed by atoms with Gasteiger partial charge in [-0.1, -0.05) is 6.07 Å². The number of aromatic nitrogens is 3. The third kappa shape index (κ3) is 2.55. The van der Waals surface area contributed by atoms with Crippen LogP contribution in [0, 0.1) is 0 Å². The number of phenolic OH excluding ortho intramolecular Hbond substituents is 1. The second kappa shape index (κ2) is 5.73. The molecular formula is C12H22N6O2P+. The van der Waals surface area contributed by atoms with E-state index in [1.54, 1.807) is 12.1 Å². The van der Waals surface area contributed by atoms with Gasteiger partial charge in [0.2, 0.25) is 0 Å². The Bertz CT molecular complexity index is 605. The Morgan fingerprint density at radius 3 is 2.14 bits per heavy atom. The molecule has 1 heterocycles. The normalized spacial score (nSPS) is 12.8. The van der Waals surface area contributed by atoms with Crippen LogP contribution in [0.4, 0.5) is 0 Å². The predicted octanol–water partition coefficient (Wildman–Crippen LogP) is 0.928. The van der Waals surface area contributed by atoms with Crippen molar-refractivity contribution >= 4 is 19.0 Å². The molecule has 116 valence electrons. The average molecular weight is 313 g/mol. The van der Waals surface area contributed by atoms with Gasteiger partial charge in [-0.25, -0.2) is 0 Å². The third-order valence-corrected chi connectivity index (χ3v) is 6.68. The molecule has 0 radical (unpaired) electrons. The van der Waals surface area contributed by atoms with E-state index >= 15 is 0 Å². The highest BCUT2D eigenvalue weighted by molar-refractivity contribution is 7.64. The van der Waals surface area contributed by atoms with Crippen LogP contribution in [0.3, 0.4) is 0 Å². The van der Waals surface area contributed by atoms with Gasteiger partial charge in [-0.3, -0.25) is 0 Å². The minimum absolute atomic E-state index is 0.0887. The lowest BCUT2D eigenvalue weighted by Gasteiger charge is -2.35. The average Bonchev–Trinajstić information content (AvgIpc) is 2.79. The SMILES string of the molecule is CN(C)[P+](On1nnc2c(O)cccc21)(N(C)C)N(C)C. The van der Waals surface area contributed by atoms with Gasteiger partial charge in [-0.05, 0) is 22.2 Å². The van der Waals surface area contributed by atoms with Crippen LogP contribution in [0.1, 0.15) is 0 Å². The van der Waals surface area contributed by atoms with E-state index in [9.17, 15) is 5.11 Å². The molecule has 0 aliphatic carbocycles. The van der Waals surface area contributed by atoms with Gasteiger partial charge in [0.05, 0.1) is 0 Å². The van der Waals surface area contributed by atoms with Gasteiger partial charge in [0.15, 0.2) is 5.52 Å². The molecule has 1 aromatic heterocycles. The maximum absolute atomic E-state index is 9.82. The fourth-order valence-corrected chi connectivity index (χ4v) is 5.28. The Kier molecular flexibility index (Phi) is 4.34. The molecule has 0 bridgehead atoms. The minimum atomic E-state index is -2.24. The molecule has 0 atom stereocenters. The molecule has 2 rings (SSSR count). The van der Waals surface area contributed by atoms with E-state index < -0.39 is 7.94 Å². The van der Waals surface area contributed by atoms with Gasteiger partial charge < -0.3 is 5.11 Å². The minimum Gasteiger partial charge on any atom is -0.506 e. The van der Waals surface area contributed by atoms with Crippen LogP contribution in [-0.4, -0.2) is 76.6 Å². The van der Waals surface area contributed by atoms with Gasteiger partial charge in [-0.15, -0.1) is 19.1 Å². The molecule has 1 aromatic carbocycles. The smallest absolute Gasteiger partial charge is 0.449 e. The Labute approximate surface area is 125 Å². The summed E-state index contributed by atoms with van der Waals surface area (Å²) in [6, 6.07) is 5.13. The van der Waals surface area contributed by atoms with E-state index in [1.165, 1.54) is 4.85 Å². The van der Waals surface area contributed by atoms with Crippen molar-refractivity contribution in [2.24, 2.45) is 0 Å². The lowest BCUT2D eigenvalue weighted by molar-refractivity contribution is 0.189. The molecule has 1 N–H and O–H groups in total. The van der Waals surface area contributed by atoms with E-state index in [-0.39, 0.29) is 5.75 Å². The zero-order valence-corrected chi connectivity index (χ0v) is 14.1. The van der Waals surface area contributed by atoms with E-state index in [2.05, 4.69) is 10.3 Å². The fourth-order valence-electron chi connectivity index (χ4n) is 2.37. The summed E-state index contributed by atoms with van der Waals surface area (Å²) in [4.78, 5) is 1.38. The molecule has 0 aliphatic rings. The summed E-state index contributed by atoms with van der Waals surface area (Å²) in [5, 5.41) is 17.8. The number of benzene rings is 1. The molecule has 0 saturated carbocycles. The summed E-state index contributed by atoms with van der Waals surface area (Å²) in [6.45, 7) is 0. The Hall–Kier alpha value is -1.47. The first kappa shape index (κ1) is 15.9. The molecule has 0 amide bonds. The molecule has 0 unspecified atom stereocenters. The Balaban J connectivity index is 2.51. The second-order valence-corrected chi connectivity index (χ2v) is 8.83. The second-order valence-electron chi connectivity index (χ2n) is 5.24. The molecular weight excluding hydrogens is 291 g/mol. The van der Waals surface area contributed by atoms with Crippen molar-refractivity contribution in [3.05, 3.63) is 18.2 Å². The van der Waals surface area contributed by atoms with Gasteiger partial charge in [-0.2, -0.15) is 4.62 Å². The topological polar surface area (TPSA) is 69.9 Å². The number of fused-ring (bicyclic) bond motifs is 1. The lowest BCUT2D eigenvalue weighted by Crippen LogP contribution is -2.42. The van der Waals surface area contributed by atoms with Crippen LogP contribution in [0.15, 0.2) is 18.2 Å². The van der Waals surface area contributed by atoms with E-state index in [0.29, 0.717) is 11.0 Å². The first-order chi connectivity index (χ1) is 9.80. The van der Waals surface area contributed by atoms with Crippen LogP contribution >= 0.6 is 7.94 Å². The number of aromatic hydroxyl groups is 1. The number of phenols is 1. The van der Waals surface area contributed by atoms with Crippen molar-refractivity contribution in [3.8, 4) is 5.75 Å². The number of nitrogens with zero attached hydrogens (tertiary/aromatic N) is 6. The van der Waals surface area contributed by atoms with Crippen LogP contribution in [-0.2, 0) is 0 Å². The van der Waals surface area contributed by atoms with Gasteiger partial charge in [0, 0.05) is 42.3 Å². The summed E-state index contributed by atoms with van der Waals surface area (Å²) in [5.74, 6) is 0.0887. The highest BCUT2D eigenvalue weighted by Gasteiger charge is 2.54. The monoisotopic (exact) mass is 313 g/mol. The van der Waals surface area contributed by atoms with Crippen LogP contribution in [0.5, 0.6) is 5.75 Å². The highest BCUT2D eigenvalue weighted by Crippen LogP contribution is 2.61. The fraction of sp³-hybridized carbons (Fsp3) is 0.500. The quantitative estimate of drug-likeness (QED) is 0.823.